The Morgan fingerprint density at radius 1 is 1.32 bits per heavy atom. The minimum Gasteiger partial charge on any atom is -0.339 e. The molecule has 0 atom stereocenters. The van der Waals surface area contributed by atoms with E-state index in [1.807, 2.05) is 11.8 Å². The van der Waals surface area contributed by atoms with Crippen molar-refractivity contribution in [3.8, 4) is 0 Å². The van der Waals surface area contributed by atoms with E-state index in [0.717, 1.165) is 30.6 Å². The van der Waals surface area contributed by atoms with Crippen LogP contribution in [0.3, 0.4) is 0 Å². The number of nitrogens with zero attached hydrogens (tertiary/aromatic N) is 1. The van der Waals surface area contributed by atoms with Gasteiger partial charge in [0.25, 0.3) is 0 Å². The fourth-order valence-corrected chi connectivity index (χ4v) is 5.27. The summed E-state index contributed by atoms with van der Waals surface area (Å²) in [7, 11) is -3.46. The van der Waals surface area contributed by atoms with Crippen LogP contribution in [0.25, 0.3) is 0 Å². The molecule has 7 heteroatoms. The van der Waals surface area contributed by atoms with Crippen molar-refractivity contribution in [3.05, 3.63) is 17.0 Å². The first-order valence-corrected chi connectivity index (χ1v) is 10.0. The van der Waals surface area contributed by atoms with E-state index in [-0.39, 0.29) is 18.5 Å². The fourth-order valence-electron chi connectivity index (χ4n) is 2.92. The van der Waals surface area contributed by atoms with Gasteiger partial charge in [-0.15, -0.1) is 11.3 Å². The quantitative estimate of drug-likeness (QED) is 0.862. The summed E-state index contributed by atoms with van der Waals surface area (Å²) in [4.78, 5) is 14.6. The molecule has 1 amide bonds. The van der Waals surface area contributed by atoms with Crippen molar-refractivity contribution in [2.24, 2.45) is 0 Å². The minimum atomic E-state index is -3.46. The third kappa shape index (κ3) is 4.54. The summed E-state index contributed by atoms with van der Waals surface area (Å²) in [5.41, 5.74) is 0. The summed E-state index contributed by atoms with van der Waals surface area (Å²) in [6.07, 6.45) is 5.57. The standard InChI is InChI=1S/C15H24N2O3S2/c1-12-8-9-15(21-12)22(19,20)16-10-11-17(13(2)18)14-6-4-3-5-7-14/h8-9,14,16H,3-7,10-11H2,1-2H3. The van der Waals surface area contributed by atoms with E-state index in [9.17, 15) is 13.2 Å². The van der Waals surface area contributed by atoms with Crippen LogP contribution in [0.15, 0.2) is 16.3 Å². The number of hydrogen-bond donors (Lipinski definition) is 1. The van der Waals surface area contributed by atoms with E-state index >= 15 is 0 Å². The van der Waals surface area contributed by atoms with Crippen LogP contribution >= 0.6 is 11.3 Å². The summed E-state index contributed by atoms with van der Waals surface area (Å²) in [5, 5.41) is 0. The largest absolute Gasteiger partial charge is 0.339 e. The van der Waals surface area contributed by atoms with Gasteiger partial charge in [0.15, 0.2) is 0 Å². The van der Waals surface area contributed by atoms with Crippen molar-refractivity contribution in [1.29, 1.82) is 0 Å². The molecule has 1 N–H and O–H groups in total. The molecule has 0 aliphatic heterocycles. The molecular weight excluding hydrogens is 320 g/mol. The molecule has 1 saturated carbocycles. The van der Waals surface area contributed by atoms with Gasteiger partial charge in [0.2, 0.25) is 15.9 Å². The van der Waals surface area contributed by atoms with E-state index in [2.05, 4.69) is 4.72 Å². The SMILES string of the molecule is CC(=O)N(CCNS(=O)(=O)c1ccc(C)s1)C1CCCCC1. The number of sulfonamides is 1. The van der Waals surface area contributed by atoms with Gasteiger partial charge in [-0.3, -0.25) is 4.79 Å². The normalized spacial score (nSPS) is 16.6. The highest BCUT2D eigenvalue weighted by atomic mass is 32.2. The highest BCUT2D eigenvalue weighted by Crippen LogP contribution is 2.23. The van der Waals surface area contributed by atoms with E-state index < -0.39 is 10.0 Å². The van der Waals surface area contributed by atoms with Crippen LogP contribution in [-0.2, 0) is 14.8 Å². The molecule has 0 bridgehead atoms. The molecule has 0 aromatic carbocycles. The van der Waals surface area contributed by atoms with Gasteiger partial charge in [-0.1, -0.05) is 19.3 Å². The predicted molar refractivity (Wildman–Crippen MR) is 88.5 cm³/mol. The zero-order valence-electron chi connectivity index (χ0n) is 13.2. The molecule has 0 spiro atoms. The second-order valence-electron chi connectivity index (χ2n) is 5.77. The number of aryl methyl sites for hydroxylation is 1. The molecule has 1 aromatic rings. The van der Waals surface area contributed by atoms with Crippen molar-refractivity contribution in [3.63, 3.8) is 0 Å². The molecule has 1 aliphatic rings. The van der Waals surface area contributed by atoms with Crippen molar-refractivity contribution in [2.75, 3.05) is 13.1 Å². The molecule has 1 aromatic heterocycles. The molecule has 1 heterocycles. The number of carbonyl (C=O) groups is 1. The second-order valence-corrected chi connectivity index (χ2v) is 9.05. The summed E-state index contributed by atoms with van der Waals surface area (Å²) in [6, 6.07) is 3.68. The van der Waals surface area contributed by atoms with Crippen LogP contribution < -0.4 is 4.72 Å². The number of rotatable bonds is 6. The third-order valence-corrected chi connectivity index (χ3v) is 7.00. The summed E-state index contributed by atoms with van der Waals surface area (Å²) < 4.78 is 27.3. The highest BCUT2D eigenvalue weighted by Gasteiger charge is 2.23. The van der Waals surface area contributed by atoms with Crippen LogP contribution in [-0.4, -0.2) is 38.4 Å². The summed E-state index contributed by atoms with van der Waals surface area (Å²) >= 11 is 1.26. The Bertz CT molecular complexity index is 604. The first kappa shape index (κ1) is 17.4. The Balaban J connectivity index is 1.91. The molecule has 0 saturated heterocycles. The third-order valence-electron chi connectivity index (χ3n) is 4.05. The van der Waals surface area contributed by atoms with Gasteiger partial charge < -0.3 is 4.90 Å². The lowest BCUT2D eigenvalue weighted by molar-refractivity contribution is -0.131. The first-order valence-electron chi connectivity index (χ1n) is 7.73. The van der Waals surface area contributed by atoms with E-state index in [0.29, 0.717) is 10.8 Å². The molecule has 5 nitrogen and oxygen atoms in total. The van der Waals surface area contributed by atoms with Gasteiger partial charge in [0.05, 0.1) is 0 Å². The number of hydrogen-bond acceptors (Lipinski definition) is 4. The fraction of sp³-hybridized carbons (Fsp3) is 0.667. The van der Waals surface area contributed by atoms with Gasteiger partial charge in [0, 0.05) is 30.9 Å². The number of thiophene rings is 1. The smallest absolute Gasteiger partial charge is 0.250 e. The molecule has 22 heavy (non-hydrogen) atoms. The van der Waals surface area contributed by atoms with Gasteiger partial charge >= 0.3 is 0 Å². The van der Waals surface area contributed by atoms with E-state index in [1.54, 1.807) is 19.1 Å². The first-order chi connectivity index (χ1) is 10.4. The number of nitrogens with one attached hydrogen (secondary N) is 1. The van der Waals surface area contributed by atoms with Crippen LogP contribution in [0.2, 0.25) is 0 Å². The van der Waals surface area contributed by atoms with Gasteiger partial charge in [-0.25, -0.2) is 13.1 Å². The maximum atomic E-state index is 12.2. The lowest BCUT2D eigenvalue weighted by atomic mass is 9.94. The summed E-state index contributed by atoms with van der Waals surface area (Å²) in [6.45, 7) is 4.13. The minimum absolute atomic E-state index is 0.0260. The second kappa shape index (κ2) is 7.57. The maximum absolute atomic E-state index is 12.2. The Morgan fingerprint density at radius 2 is 2.00 bits per heavy atom. The highest BCUT2D eigenvalue weighted by molar-refractivity contribution is 7.91. The monoisotopic (exact) mass is 344 g/mol. The Morgan fingerprint density at radius 3 is 2.55 bits per heavy atom. The van der Waals surface area contributed by atoms with E-state index in [1.165, 1.54) is 17.8 Å². The molecule has 0 unspecified atom stereocenters. The number of carbonyl (C=O) groups excluding carboxylic acids is 1. The molecule has 0 radical (unpaired) electrons. The van der Waals surface area contributed by atoms with Gasteiger partial charge in [-0.05, 0) is 31.9 Å². The Hall–Kier alpha value is -0.920. The zero-order valence-corrected chi connectivity index (χ0v) is 14.8. The zero-order chi connectivity index (χ0) is 16.2. The lowest BCUT2D eigenvalue weighted by Gasteiger charge is -2.33. The van der Waals surface area contributed by atoms with E-state index in [4.69, 9.17) is 0 Å². The summed E-state index contributed by atoms with van der Waals surface area (Å²) in [5.74, 6) is 0.0260. The Labute approximate surface area is 136 Å². The molecule has 2 rings (SSSR count). The molecule has 1 aliphatic carbocycles. The van der Waals surface area contributed by atoms with Crippen LogP contribution in [0.1, 0.15) is 43.9 Å². The van der Waals surface area contributed by atoms with Crippen LogP contribution in [0.4, 0.5) is 0 Å². The average molecular weight is 345 g/mol. The average Bonchev–Trinajstić information content (AvgIpc) is 2.91. The molecule has 124 valence electrons. The Kier molecular flexibility index (Phi) is 6.00. The van der Waals surface area contributed by atoms with Crippen LogP contribution in [0.5, 0.6) is 0 Å². The lowest BCUT2D eigenvalue weighted by Crippen LogP contribution is -2.44. The van der Waals surface area contributed by atoms with Gasteiger partial charge in [-0.2, -0.15) is 0 Å². The number of amides is 1. The van der Waals surface area contributed by atoms with Crippen molar-refractivity contribution in [1.82, 2.24) is 9.62 Å². The predicted octanol–water partition coefficient (Wildman–Crippen LogP) is 2.52. The maximum Gasteiger partial charge on any atom is 0.250 e. The topological polar surface area (TPSA) is 66.5 Å². The van der Waals surface area contributed by atoms with Gasteiger partial charge in [0.1, 0.15) is 4.21 Å². The molecular formula is C15H24N2O3S2. The van der Waals surface area contributed by atoms with Crippen molar-refractivity contribution < 1.29 is 13.2 Å². The van der Waals surface area contributed by atoms with Crippen molar-refractivity contribution >= 4 is 27.3 Å². The molecule has 1 fully saturated rings. The van der Waals surface area contributed by atoms with Crippen molar-refractivity contribution in [2.45, 2.75) is 56.2 Å². The van der Waals surface area contributed by atoms with Crippen LogP contribution in [0, 0.1) is 6.92 Å².